The lowest BCUT2D eigenvalue weighted by Crippen LogP contribution is -2.12. The molecule has 0 fully saturated rings. The molecule has 0 aliphatic rings. The number of rotatable bonds is 2. The number of nitrogens with one attached hydrogen (secondary N) is 1. The van der Waals surface area contributed by atoms with Crippen LogP contribution in [-0.2, 0) is 0 Å². The van der Waals surface area contributed by atoms with Crippen LogP contribution in [0.4, 0.5) is 8.78 Å². The van der Waals surface area contributed by atoms with Crippen molar-refractivity contribution in [3.05, 3.63) is 32.2 Å². The van der Waals surface area contributed by atoms with E-state index in [0.717, 1.165) is 6.07 Å². The van der Waals surface area contributed by atoms with Crippen molar-refractivity contribution in [2.24, 2.45) is 0 Å². The molecule has 0 aliphatic carbocycles. The first-order valence-electron chi connectivity index (χ1n) is 3.34. The van der Waals surface area contributed by atoms with Crippen molar-refractivity contribution in [1.29, 1.82) is 0 Å². The number of alkyl halides is 2. The minimum Gasteiger partial charge on any atom is -0.316 e. The zero-order valence-electron chi connectivity index (χ0n) is 6.48. The van der Waals surface area contributed by atoms with Gasteiger partial charge < -0.3 is 4.98 Å². The Bertz CT molecular complexity index is 432. The van der Waals surface area contributed by atoms with Crippen molar-refractivity contribution in [1.82, 2.24) is 4.98 Å². The third-order valence-electron chi connectivity index (χ3n) is 1.46. The highest BCUT2D eigenvalue weighted by molar-refractivity contribution is 9.10. The van der Waals surface area contributed by atoms with Crippen LogP contribution in [0.1, 0.15) is 22.3 Å². The smallest absolute Gasteiger partial charge is 0.267 e. The van der Waals surface area contributed by atoms with Gasteiger partial charge in [0.25, 0.3) is 11.7 Å². The number of hydrogen-bond donors (Lipinski definition) is 1. The Morgan fingerprint density at radius 1 is 1.57 bits per heavy atom. The highest BCUT2D eigenvalue weighted by atomic mass is 79.9. The van der Waals surface area contributed by atoms with Gasteiger partial charge in [0, 0.05) is 6.07 Å². The highest BCUT2D eigenvalue weighted by Gasteiger charge is 2.21. The van der Waals surface area contributed by atoms with Gasteiger partial charge in [-0.15, -0.1) is 0 Å². The molecule has 1 N–H and O–H groups in total. The van der Waals surface area contributed by atoms with Crippen LogP contribution in [0.25, 0.3) is 0 Å². The molecule has 1 aromatic heterocycles. The van der Waals surface area contributed by atoms with Gasteiger partial charge in [-0.1, -0.05) is 0 Å². The second kappa shape index (κ2) is 4.18. The first kappa shape index (κ1) is 11.3. The van der Waals surface area contributed by atoms with Crippen LogP contribution in [0.2, 0.25) is 0 Å². The van der Waals surface area contributed by atoms with Gasteiger partial charge in [-0.05, 0) is 27.5 Å². The number of H-pyrrole nitrogens is 1. The summed E-state index contributed by atoms with van der Waals surface area (Å²) in [6.07, 6.45) is -2.89. The summed E-state index contributed by atoms with van der Waals surface area (Å²) < 4.78 is 24.6. The molecule has 7 heteroatoms. The average molecular weight is 286 g/mol. The van der Waals surface area contributed by atoms with E-state index in [9.17, 15) is 18.4 Å². The maximum absolute atomic E-state index is 12.4. The normalized spacial score (nSPS) is 10.6. The minimum atomic E-state index is -2.89. The van der Waals surface area contributed by atoms with Gasteiger partial charge in [-0.3, -0.25) is 9.59 Å². The Kier molecular flexibility index (Phi) is 3.38. The highest BCUT2D eigenvalue weighted by Crippen LogP contribution is 2.28. The first-order chi connectivity index (χ1) is 6.43. The molecular formula is C7H3BrClF2NO2. The molecule has 0 radical (unpaired) electrons. The van der Waals surface area contributed by atoms with E-state index in [1.165, 1.54) is 0 Å². The van der Waals surface area contributed by atoms with Gasteiger partial charge in [-0.2, -0.15) is 0 Å². The van der Waals surface area contributed by atoms with E-state index < -0.39 is 28.4 Å². The van der Waals surface area contributed by atoms with Crippen molar-refractivity contribution in [3.8, 4) is 0 Å². The summed E-state index contributed by atoms with van der Waals surface area (Å²) in [7, 11) is 0. The summed E-state index contributed by atoms with van der Waals surface area (Å²) in [4.78, 5) is 23.7. The van der Waals surface area contributed by atoms with Crippen LogP contribution < -0.4 is 5.56 Å². The van der Waals surface area contributed by atoms with E-state index in [1.807, 2.05) is 0 Å². The Morgan fingerprint density at radius 2 is 2.14 bits per heavy atom. The summed E-state index contributed by atoms with van der Waals surface area (Å²) in [6, 6.07) is 0.738. The fourth-order valence-electron chi connectivity index (χ4n) is 0.915. The standard InChI is InChI=1S/C7H3BrClF2NO2/c8-5-4(7(10)11)2(6(9)14)1-3(13)12-5/h1,7H,(H,12,13). The van der Waals surface area contributed by atoms with E-state index in [2.05, 4.69) is 20.9 Å². The number of hydrogen-bond acceptors (Lipinski definition) is 2. The topological polar surface area (TPSA) is 49.9 Å². The lowest BCUT2D eigenvalue weighted by atomic mass is 10.1. The second-order valence-corrected chi connectivity index (χ2v) is 3.49. The summed E-state index contributed by atoms with van der Waals surface area (Å²) in [6.45, 7) is 0. The maximum Gasteiger partial charge on any atom is 0.267 e. The van der Waals surface area contributed by atoms with E-state index in [-0.39, 0.29) is 4.60 Å². The average Bonchev–Trinajstić information content (AvgIpc) is 2.01. The number of aromatic nitrogens is 1. The number of aromatic amines is 1. The van der Waals surface area contributed by atoms with Gasteiger partial charge in [0.05, 0.1) is 15.7 Å². The van der Waals surface area contributed by atoms with Crippen LogP contribution in [-0.4, -0.2) is 10.2 Å². The SMILES string of the molecule is O=C(Cl)c1cc(=O)[nH]c(Br)c1C(F)F. The van der Waals surface area contributed by atoms with Crippen LogP contribution >= 0.6 is 27.5 Å². The second-order valence-electron chi connectivity index (χ2n) is 2.35. The summed E-state index contributed by atoms with van der Waals surface area (Å²) in [5.74, 6) is 0. The van der Waals surface area contributed by atoms with E-state index in [1.54, 1.807) is 0 Å². The zero-order valence-corrected chi connectivity index (χ0v) is 8.82. The maximum atomic E-state index is 12.4. The van der Waals surface area contributed by atoms with Crippen molar-refractivity contribution < 1.29 is 13.6 Å². The zero-order chi connectivity index (χ0) is 10.9. The number of carbonyl (C=O) groups is 1. The molecule has 0 atom stereocenters. The van der Waals surface area contributed by atoms with Crippen LogP contribution in [0.3, 0.4) is 0 Å². The number of pyridine rings is 1. The molecule has 1 aromatic rings. The van der Waals surface area contributed by atoms with Crippen LogP contribution in [0.15, 0.2) is 15.5 Å². The molecule has 76 valence electrons. The Balaban J connectivity index is 3.52. The predicted molar refractivity (Wildman–Crippen MR) is 49.9 cm³/mol. The fraction of sp³-hybridized carbons (Fsp3) is 0.143. The molecule has 0 aliphatic heterocycles. The molecule has 1 heterocycles. The molecule has 14 heavy (non-hydrogen) atoms. The molecule has 0 aromatic carbocycles. The van der Waals surface area contributed by atoms with Crippen molar-refractivity contribution in [2.75, 3.05) is 0 Å². The van der Waals surface area contributed by atoms with Crippen molar-refractivity contribution >= 4 is 32.8 Å². The fourth-order valence-corrected chi connectivity index (χ4v) is 1.65. The summed E-state index contributed by atoms with van der Waals surface area (Å²) in [5, 5.41) is -1.09. The minimum absolute atomic E-state index is 0.232. The quantitative estimate of drug-likeness (QED) is 0.670. The van der Waals surface area contributed by atoms with Gasteiger partial charge in [0.15, 0.2) is 0 Å². The third-order valence-corrected chi connectivity index (χ3v) is 2.29. The monoisotopic (exact) mass is 285 g/mol. The molecule has 0 spiro atoms. The molecule has 3 nitrogen and oxygen atoms in total. The summed E-state index contributed by atoms with van der Waals surface area (Å²) in [5.41, 5.74) is -1.77. The molecule has 1 rings (SSSR count). The number of carbonyl (C=O) groups excluding carboxylic acids is 1. The summed E-state index contributed by atoms with van der Waals surface area (Å²) >= 11 is 7.77. The Labute approximate surface area is 90.2 Å². The third kappa shape index (κ3) is 2.19. The van der Waals surface area contributed by atoms with Crippen LogP contribution in [0.5, 0.6) is 0 Å². The van der Waals surface area contributed by atoms with Gasteiger partial charge in [0.2, 0.25) is 5.56 Å². The molecule has 0 saturated heterocycles. The molecule has 0 bridgehead atoms. The molecule has 0 saturated carbocycles. The van der Waals surface area contributed by atoms with E-state index >= 15 is 0 Å². The lowest BCUT2D eigenvalue weighted by molar-refractivity contribution is 0.106. The van der Waals surface area contributed by atoms with Crippen LogP contribution in [0, 0.1) is 0 Å². The largest absolute Gasteiger partial charge is 0.316 e. The lowest BCUT2D eigenvalue weighted by Gasteiger charge is -2.06. The number of halogens is 4. The predicted octanol–water partition coefficient (Wildman–Crippen LogP) is 2.45. The van der Waals surface area contributed by atoms with Gasteiger partial charge in [-0.25, -0.2) is 8.78 Å². The Hall–Kier alpha value is -0.750. The van der Waals surface area contributed by atoms with Crippen molar-refractivity contribution in [2.45, 2.75) is 6.43 Å². The first-order valence-corrected chi connectivity index (χ1v) is 4.51. The molecule has 0 amide bonds. The van der Waals surface area contributed by atoms with E-state index in [4.69, 9.17) is 11.6 Å². The molecule has 0 unspecified atom stereocenters. The van der Waals surface area contributed by atoms with Crippen molar-refractivity contribution in [3.63, 3.8) is 0 Å². The van der Waals surface area contributed by atoms with E-state index in [0.29, 0.717) is 0 Å². The van der Waals surface area contributed by atoms with Gasteiger partial charge >= 0.3 is 0 Å². The molecular weight excluding hydrogens is 283 g/mol. The van der Waals surface area contributed by atoms with Gasteiger partial charge in [0.1, 0.15) is 0 Å². The Morgan fingerprint density at radius 3 is 2.57 bits per heavy atom.